The average Bonchev–Trinajstić information content (AvgIpc) is 2.70. The predicted octanol–water partition coefficient (Wildman–Crippen LogP) is 2.83. The van der Waals surface area contributed by atoms with E-state index in [9.17, 15) is 9.59 Å². The minimum Gasteiger partial charge on any atom is -0.466 e. The quantitative estimate of drug-likeness (QED) is 0.278. The van der Waals surface area contributed by atoms with E-state index >= 15 is 0 Å². The van der Waals surface area contributed by atoms with Crippen LogP contribution < -0.4 is 10.6 Å². The summed E-state index contributed by atoms with van der Waals surface area (Å²) in [5.74, 6) is 0.521. The van der Waals surface area contributed by atoms with Gasteiger partial charge in [0.05, 0.1) is 19.6 Å². The smallest absolute Gasteiger partial charge is 0.411 e. The highest BCUT2D eigenvalue weighted by Crippen LogP contribution is 2.18. The molecule has 2 rings (SSSR count). The van der Waals surface area contributed by atoms with Crippen LogP contribution in [0.4, 0.5) is 10.5 Å². The number of hydrogen-bond donors (Lipinski definition) is 2. The molecule has 1 aromatic rings. The number of nitrogens with one attached hydrogen (secondary N) is 2. The van der Waals surface area contributed by atoms with E-state index in [0.29, 0.717) is 25.4 Å². The van der Waals surface area contributed by atoms with Gasteiger partial charge in [0, 0.05) is 32.4 Å². The molecule has 1 amide bonds. The Bertz CT molecular complexity index is 666. The number of hydrogen-bond acceptors (Lipinski definition) is 5. The molecule has 8 nitrogen and oxygen atoms in total. The van der Waals surface area contributed by atoms with Crippen LogP contribution in [0.3, 0.4) is 0 Å². The van der Waals surface area contributed by atoms with Gasteiger partial charge in [-0.25, -0.2) is 4.79 Å². The summed E-state index contributed by atoms with van der Waals surface area (Å²) in [7, 11) is 3.06. The number of halogens is 1. The number of likely N-dealkylation sites (tertiary alicyclic amines) is 1. The molecule has 9 heteroatoms. The Morgan fingerprint density at radius 1 is 1.29 bits per heavy atom. The second-order valence-electron chi connectivity index (χ2n) is 6.25. The fourth-order valence-corrected chi connectivity index (χ4v) is 3.01. The van der Waals surface area contributed by atoms with Crippen LogP contribution in [0.5, 0.6) is 0 Å². The molecule has 1 saturated heterocycles. The second kappa shape index (κ2) is 12.4. The van der Waals surface area contributed by atoms with Gasteiger partial charge >= 0.3 is 12.1 Å². The van der Waals surface area contributed by atoms with E-state index in [1.807, 2.05) is 31.2 Å². The minimum atomic E-state index is -0.498. The van der Waals surface area contributed by atoms with E-state index in [0.717, 1.165) is 30.9 Å². The van der Waals surface area contributed by atoms with Crippen molar-refractivity contribution in [2.24, 2.45) is 10.9 Å². The van der Waals surface area contributed by atoms with Gasteiger partial charge in [0.1, 0.15) is 0 Å². The largest absolute Gasteiger partial charge is 0.466 e. The van der Waals surface area contributed by atoms with Gasteiger partial charge in [0.2, 0.25) is 0 Å². The summed E-state index contributed by atoms with van der Waals surface area (Å²) in [5.41, 5.74) is 1.72. The number of carbonyl (C=O) groups is 2. The molecule has 28 heavy (non-hydrogen) atoms. The molecule has 0 spiro atoms. The molecule has 1 aromatic carbocycles. The molecule has 0 radical (unpaired) electrons. The number of ether oxygens (including phenoxy) is 2. The molecule has 0 bridgehead atoms. The predicted molar refractivity (Wildman–Crippen MR) is 119 cm³/mol. The van der Waals surface area contributed by atoms with Crippen molar-refractivity contribution in [1.29, 1.82) is 0 Å². The van der Waals surface area contributed by atoms with Gasteiger partial charge in [0.15, 0.2) is 5.96 Å². The van der Waals surface area contributed by atoms with Crippen molar-refractivity contribution < 1.29 is 19.1 Å². The van der Waals surface area contributed by atoms with E-state index in [-0.39, 0.29) is 35.9 Å². The van der Waals surface area contributed by atoms with E-state index in [1.54, 1.807) is 7.05 Å². The van der Waals surface area contributed by atoms with Crippen LogP contribution in [-0.4, -0.2) is 56.8 Å². The fraction of sp³-hybridized carbons (Fsp3) is 0.526. The van der Waals surface area contributed by atoms with Crippen LogP contribution in [-0.2, 0) is 20.8 Å². The summed E-state index contributed by atoms with van der Waals surface area (Å²) >= 11 is 0. The molecular formula is C19H29IN4O4. The first-order valence-electron chi connectivity index (χ1n) is 9.13. The first kappa shape index (κ1) is 24.0. The second-order valence-corrected chi connectivity index (χ2v) is 6.25. The third-order valence-corrected chi connectivity index (χ3v) is 4.39. The zero-order chi connectivity index (χ0) is 19.6. The molecule has 0 aliphatic carbocycles. The van der Waals surface area contributed by atoms with Crippen LogP contribution in [0.2, 0.25) is 0 Å². The number of amides is 1. The Labute approximate surface area is 183 Å². The summed E-state index contributed by atoms with van der Waals surface area (Å²) in [5, 5.41) is 5.95. The van der Waals surface area contributed by atoms with E-state index < -0.39 is 6.09 Å². The number of nitrogens with zero attached hydrogens (tertiary/aromatic N) is 2. The normalized spacial score (nSPS) is 16.6. The van der Waals surface area contributed by atoms with Crippen LogP contribution in [0, 0.1) is 5.92 Å². The monoisotopic (exact) mass is 504 g/mol. The number of aliphatic imine (C=N–C) groups is 1. The molecule has 156 valence electrons. The maximum atomic E-state index is 12.0. The lowest BCUT2D eigenvalue weighted by molar-refractivity contribution is -0.149. The highest BCUT2D eigenvalue weighted by atomic mass is 127. The van der Waals surface area contributed by atoms with Gasteiger partial charge in [0.25, 0.3) is 0 Å². The topological polar surface area (TPSA) is 92.3 Å². The summed E-state index contributed by atoms with van der Waals surface area (Å²) in [6.07, 6.45) is 1.28. The summed E-state index contributed by atoms with van der Waals surface area (Å²) in [6, 6.07) is 7.47. The number of methoxy groups -OCH3 is 1. The van der Waals surface area contributed by atoms with Crippen molar-refractivity contribution in [3.05, 3.63) is 29.8 Å². The van der Waals surface area contributed by atoms with Crippen LogP contribution in [0.25, 0.3) is 0 Å². The Balaban J connectivity index is 0.00000392. The Morgan fingerprint density at radius 2 is 2.00 bits per heavy atom. The Morgan fingerprint density at radius 3 is 2.61 bits per heavy atom. The zero-order valence-electron chi connectivity index (χ0n) is 16.6. The van der Waals surface area contributed by atoms with Crippen LogP contribution in [0.1, 0.15) is 25.3 Å². The van der Waals surface area contributed by atoms with Crippen molar-refractivity contribution >= 4 is 47.7 Å². The minimum absolute atomic E-state index is 0. The molecule has 0 saturated carbocycles. The van der Waals surface area contributed by atoms with Crippen molar-refractivity contribution in [2.75, 3.05) is 39.2 Å². The van der Waals surface area contributed by atoms with Gasteiger partial charge in [-0.2, -0.15) is 0 Å². The van der Waals surface area contributed by atoms with Gasteiger partial charge in [-0.05, 0) is 37.5 Å². The van der Waals surface area contributed by atoms with Crippen molar-refractivity contribution in [2.45, 2.75) is 26.3 Å². The third-order valence-electron chi connectivity index (χ3n) is 4.39. The van der Waals surface area contributed by atoms with Crippen molar-refractivity contribution in [1.82, 2.24) is 10.2 Å². The Hall–Kier alpha value is -2.04. The van der Waals surface area contributed by atoms with Gasteiger partial charge in [-0.3, -0.25) is 15.1 Å². The summed E-state index contributed by atoms with van der Waals surface area (Å²) in [6.45, 7) is 4.29. The lowest BCUT2D eigenvalue weighted by Gasteiger charge is -2.34. The number of piperidine rings is 1. The van der Waals surface area contributed by atoms with E-state index in [1.165, 1.54) is 7.11 Å². The maximum Gasteiger partial charge on any atom is 0.411 e. The van der Waals surface area contributed by atoms with Gasteiger partial charge in [-0.1, -0.05) is 12.1 Å². The SMILES string of the molecule is CCOC(=O)C1CCCN(C(=NC)NCc2ccc(NC(=O)OC)cc2)C1.I. The van der Waals surface area contributed by atoms with Crippen LogP contribution in [0.15, 0.2) is 29.3 Å². The number of rotatable bonds is 5. The average molecular weight is 504 g/mol. The zero-order valence-corrected chi connectivity index (χ0v) is 18.9. The number of carbonyl (C=O) groups excluding carboxylic acids is 2. The first-order valence-corrected chi connectivity index (χ1v) is 9.13. The van der Waals surface area contributed by atoms with E-state index in [2.05, 4.69) is 25.3 Å². The number of guanidine groups is 1. The molecular weight excluding hydrogens is 475 g/mol. The lowest BCUT2D eigenvalue weighted by atomic mass is 9.98. The molecule has 0 aromatic heterocycles. The number of benzene rings is 1. The maximum absolute atomic E-state index is 12.0. The summed E-state index contributed by atoms with van der Waals surface area (Å²) in [4.78, 5) is 29.7. The molecule has 1 aliphatic heterocycles. The lowest BCUT2D eigenvalue weighted by Crippen LogP contribution is -2.48. The highest BCUT2D eigenvalue weighted by molar-refractivity contribution is 14.0. The number of anilines is 1. The standard InChI is InChI=1S/C19H28N4O4.HI/c1-4-27-17(24)15-6-5-11-23(13-15)18(20-2)21-12-14-7-9-16(10-8-14)22-19(25)26-3;/h7-10,15H,4-6,11-13H2,1-3H3,(H,20,21)(H,22,25);1H. The third kappa shape index (κ3) is 7.17. The highest BCUT2D eigenvalue weighted by Gasteiger charge is 2.28. The molecule has 1 aliphatic rings. The summed E-state index contributed by atoms with van der Waals surface area (Å²) < 4.78 is 9.72. The number of esters is 1. The fourth-order valence-electron chi connectivity index (χ4n) is 3.01. The Kier molecular flexibility index (Phi) is 10.6. The van der Waals surface area contributed by atoms with Crippen molar-refractivity contribution in [3.8, 4) is 0 Å². The van der Waals surface area contributed by atoms with Crippen molar-refractivity contribution in [3.63, 3.8) is 0 Å². The van der Waals surface area contributed by atoms with Gasteiger partial charge < -0.3 is 19.7 Å². The molecule has 1 atom stereocenters. The van der Waals surface area contributed by atoms with Crippen LogP contribution >= 0.6 is 24.0 Å². The van der Waals surface area contributed by atoms with Gasteiger partial charge in [-0.15, -0.1) is 24.0 Å². The molecule has 1 unspecified atom stereocenters. The molecule has 2 N–H and O–H groups in total. The molecule has 1 heterocycles. The molecule has 1 fully saturated rings. The first-order chi connectivity index (χ1) is 13.1. The van der Waals surface area contributed by atoms with E-state index in [4.69, 9.17) is 4.74 Å².